The second-order valence-corrected chi connectivity index (χ2v) is 7.01. The van der Waals surface area contributed by atoms with E-state index in [1.54, 1.807) is 12.1 Å². The summed E-state index contributed by atoms with van der Waals surface area (Å²) >= 11 is 3.14. The summed E-state index contributed by atoms with van der Waals surface area (Å²) in [6.45, 7) is 0.829. The summed E-state index contributed by atoms with van der Waals surface area (Å²) in [5, 5.41) is 0. The van der Waals surface area contributed by atoms with E-state index in [-0.39, 0.29) is 18.3 Å². The molecule has 0 bridgehead atoms. The van der Waals surface area contributed by atoms with Gasteiger partial charge in [-0.05, 0) is 39.2 Å². The normalized spacial score (nSPS) is 19.8. The number of hydrogen-bond acceptors (Lipinski definition) is 4. The Hall–Kier alpha value is -0.760. The fraction of sp³-hybridized carbons (Fsp3) is 0.385. The molecule has 20 heavy (non-hydrogen) atoms. The van der Waals surface area contributed by atoms with Crippen molar-refractivity contribution in [2.24, 2.45) is 5.92 Å². The lowest BCUT2D eigenvalue weighted by Crippen LogP contribution is -2.23. The summed E-state index contributed by atoms with van der Waals surface area (Å²) in [6.07, 6.45) is 2.87. The standard InChI is InChI=1S/C13H14BrFO4S/c1-20(16,17)19-8-10-7-18-5-4-11(10)9-2-3-13(15)12(14)6-9/h2-4,6,10H,5,7-8H2,1H3. The molecular weight excluding hydrogens is 351 g/mol. The molecule has 1 aliphatic rings. The van der Waals surface area contributed by atoms with Gasteiger partial charge in [-0.1, -0.05) is 12.1 Å². The van der Waals surface area contributed by atoms with Gasteiger partial charge in [0.05, 0.1) is 30.5 Å². The fourth-order valence-electron chi connectivity index (χ4n) is 1.99. The predicted octanol–water partition coefficient (Wildman–Crippen LogP) is 2.59. The van der Waals surface area contributed by atoms with Crippen LogP contribution in [0, 0.1) is 11.7 Å². The van der Waals surface area contributed by atoms with E-state index in [9.17, 15) is 12.8 Å². The number of benzene rings is 1. The van der Waals surface area contributed by atoms with Crippen LogP contribution < -0.4 is 0 Å². The molecule has 0 spiro atoms. The average molecular weight is 365 g/mol. The van der Waals surface area contributed by atoms with Crippen molar-refractivity contribution >= 4 is 31.6 Å². The zero-order valence-corrected chi connectivity index (χ0v) is 13.2. The Morgan fingerprint density at radius 3 is 2.90 bits per heavy atom. The summed E-state index contributed by atoms with van der Waals surface area (Å²) in [5.41, 5.74) is 1.73. The van der Waals surface area contributed by atoms with E-state index in [4.69, 9.17) is 8.92 Å². The molecule has 1 atom stereocenters. The van der Waals surface area contributed by atoms with Gasteiger partial charge in [-0.25, -0.2) is 4.39 Å². The molecular formula is C13H14BrFO4S. The Labute approximate surface area is 125 Å². The topological polar surface area (TPSA) is 52.6 Å². The van der Waals surface area contributed by atoms with Gasteiger partial charge in [-0.15, -0.1) is 0 Å². The van der Waals surface area contributed by atoms with Crippen LogP contribution in [0.3, 0.4) is 0 Å². The summed E-state index contributed by atoms with van der Waals surface area (Å²) in [4.78, 5) is 0. The molecule has 1 aliphatic heterocycles. The largest absolute Gasteiger partial charge is 0.377 e. The second kappa shape index (κ2) is 6.34. The van der Waals surface area contributed by atoms with Crippen LogP contribution in [0.5, 0.6) is 0 Å². The van der Waals surface area contributed by atoms with Crippen LogP contribution >= 0.6 is 15.9 Å². The first-order valence-corrected chi connectivity index (χ1v) is 8.55. The van der Waals surface area contributed by atoms with Gasteiger partial charge in [-0.3, -0.25) is 4.18 Å². The highest BCUT2D eigenvalue weighted by Gasteiger charge is 2.22. The monoisotopic (exact) mass is 364 g/mol. The van der Waals surface area contributed by atoms with Gasteiger partial charge in [0.15, 0.2) is 0 Å². The van der Waals surface area contributed by atoms with Gasteiger partial charge in [0, 0.05) is 5.92 Å². The van der Waals surface area contributed by atoms with Crippen LogP contribution in [0.25, 0.3) is 5.57 Å². The molecule has 1 unspecified atom stereocenters. The Kier molecular flexibility index (Phi) is 4.95. The molecule has 0 radical (unpaired) electrons. The second-order valence-electron chi connectivity index (χ2n) is 4.51. The van der Waals surface area contributed by atoms with Crippen molar-refractivity contribution in [3.05, 3.63) is 40.1 Å². The first-order chi connectivity index (χ1) is 9.37. The lowest BCUT2D eigenvalue weighted by atomic mass is 9.92. The van der Waals surface area contributed by atoms with Crippen LogP contribution in [0.2, 0.25) is 0 Å². The number of halogens is 2. The Bertz CT molecular complexity index is 627. The average Bonchev–Trinajstić information content (AvgIpc) is 2.39. The zero-order chi connectivity index (χ0) is 14.8. The van der Waals surface area contributed by atoms with Crippen LogP contribution in [0.15, 0.2) is 28.7 Å². The Morgan fingerprint density at radius 2 is 2.25 bits per heavy atom. The van der Waals surface area contributed by atoms with Gasteiger partial charge in [-0.2, -0.15) is 8.42 Å². The van der Waals surface area contributed by atoms with Crippen molar-refractivity contribution < 1.29 is 21.7 Å². The molecule has 0 amide bonds. The quantitative estimate of drug-likeness (QED) is 0.770. The predicted molar refractivity (Wildman–Crippen MR) is 77.2 cm³/mol. The lowest BCUT2D eigenvalue weighted by Gasteiger charge is -2.24. The maximum absolute atomic E-state index is 13.3. The van der Waals surface area contributed by atoms with E-state index in [0.717, 1.165) is 17.4 Å². The highest BCUT2D eigenvalue weighted by Crippen LogP contribution is 2.30. The summed E-state index contributed by atoms with van der Waals surface area (Å²) < 4.78 is 45.9. The summed E-state index contributed by atoms with van der Waals surface area (Å²) in [6, 6.07) is 4.69. The molecule has 4 nitrogen and oxygen atoms in total. The fourth-order valence-corrected chi connectivity index (χ4v) is 2.78. The molecule has 1 aromatic rings. The van der Waals surface area contributed by atoms with Gasteiger partial charge in [0.25, 0.3) is 10.1 Å². The maximum atomic E-state index is 13.3. The number of ether oxygens (including phenoxy) is 1. The molecule has 0 aromatic heterocycles. The Balaban J connectivity index is 2.22. The lowest BCUT2D eigenvalue weighted by molar-refractivity contribution is 0.110. The summed E-state index contributed by atoms with van der Waals surface area (Å²) in [5.74, 6) is -0.541. The molecule has 1 aromatic carbocycles. The molecule has 0 fully saturated rings. The van der Waals surface area contributed by atoms with E-state index in [2.05, 4.69) is 15.9 Å². The van der Waals surface area contributed by atoms with Crippen LogP contribution in [-0.2, 0) is 19.0 Å². The summed E-state index contributed by atoms with van der Waals surface area (Å²) in [7, 11) is -3.50. The SMILES string of the molecule is CS(=O)(=O)OCC1COCC=C1c1ccc(F)c(Br)c1. The van der Waals surface area contributed by atoms with Crippen molar-refractivity contribution in [3.8, 4) is 0 Å². The van der Waals surface area contributed by atoms with Crippen molar-refractivity contribution in [2.75, 3.05) is 26.1 Å². The highest BCUT2D eigenvalue weighted by atomic mass is 79.9. The molecule has 0 N–H and O–H groups in total. The molecule has 1 heterocycles. The van der Waals surface area contributed by atoms with E-state index in [1.807, 2.05) is 6.08 Å². The number of rotatable bonds is 4. The van der Waals surface area contributed by atoms with Crippen LogP contribution in [0.1, 0.15) is 5.56 Å². The van der Waals surface area contributed by atoms with Gasteiger partial charge >= 0.3 is 0 Å². The third-order valence-electron chi connectivity index (χ3n) is 2.92. The third kappa shape index (κ3) is 4.12. The first kappa shape index (κ1) is 15.6. The maximum Gasteiger partial charge on any atom is 0.264 e. The van der Waals surface area contributed by atoms with E-state index < -0.39 is 10.1 Å². The molecule has 0 aliphatic carbocycles. The molecule has 110 valence electrons. The van der Waals surface area contributed by atoms with E-state index >= 15 is 0 Å². The van der Waals surface area contributed by atoms with E-state index in [0.29, 0.717) is 17.7 Å². The van der Waals surface area contributed by atoms with Gasteiger partial charge in [0.2, 0.25) is 0 Å². The minimum atomic E-state index is -3.50. The molecule has 0 saturated heterocycles. The minimum Gasteiger partial charge on any atom is -0.377 e. The highest BCUT2D eigenvalue weighted by molar-refractivity contribution is 9.10. The molecule has 7 heteroatoms. The third-order valence-corrected chi connectivity index (χ3v) is 4.09. The van der Waals surface area contributed by atoms with Crippen molar-refractivity contribution in [2.45, 2.75) is 0 Å². The van der Waals surface area contributed by atoms with Crippen LogP contribution in [0.4, 0.5) is 4.39 Å². The van der Waals surface area contributed by atoms with Crippen molar-refractivity contribution in [1.29, 1.82) is 0 Å². The number of hydrogen-bond donors (Lipinski definition) is 0. The smallest absolute Gasteiger partial charge is 0.264 e. The Morgan fingerprint density at radius 1 is 1.50 bits per heavy atom. The molecule has 2 rings (SSSR count). The van der Waals surface area contributed by atoms with Crippen molar-refractivity contribution in [3.63, 3.8) is 0 Å². The minimum absolute atomic E-state index is 0.0136. The first-order valence-electron chi connectivity index (χ1n) is 5.94. The zero-order valence-electron chi connectivity index (χ0n) is 10.8. The van der Waals surface area contributed by atoms with Crippen molar-refractivity contribution in [1.82, 2.24) is 0 Å². The van der Waals surface area contributed by atoms with Gasteiger partial charge < -0.3 is 4.74 Å². The molecule has 0 saturated carbocycles. The van der Waals surface area contributed by atoms with Gasteiger partial charge in [0.1, 0.15) is 5.82 Å². The van der Waals surface area contributed by atoms with E-state index in [1.165, 1.54) is 6.07 Å². The van der Waals surface area contributed by atoms with Crippen LogP contribution in [-0.4, -0.2) is 34.5 Å².